The first kappa shape index (κ1) is 28.1. The van der Waals surface area contributed by atoms with Gasteiger partial charge in [0.2, 0.25) is 5.91 Å². The number of hydrogen-bond donors (Lipinski definition) is 2. The molecule has 2 N–H and O–H groups in total. The fourth-order valence-corrected chi connectivity index (χ4v) is 4.89. The van der Waals surface area contributed by atoms with Crippen molar-refractivity contribution in [3.8, 4) is 5.69 Å². The lowest BCUT2D eigenvalue weighted by molar-refractivity contribution is -0.121. The molecule has 0 radical (unpaired) electrons. The van der Waals surface area contributed by atoms with Crippen LogP contribution in [-0.2, 0) is 16.8 Å². The Hall–Kier alpha value is -4.43. The van der Waals surface area contributed by atoms with Gasteiger partial charge in [0.15, 0.2) is 0 Å². The molecular weight excluding hydrogens is 512 g/mol. The number of carbonyl (C=O) groups is 2. The van der Waals surface area contributed by atoms with E-state index in [1.54, 1.807) is 4.68 Å². The van der Waals surface area contributed by atoms with Crippen LogP contribution in [-0.4, -0.2) is 39.8 Å². The van der Waals surface area contributed by atoms with Crippen molar-refractivity contribution in [1.82, 2.24) is 14.7 Å². The lowest BCUT2D eigenvalue weighted by atomic mass is 9.92. The van der Waals surface area contributed by atoms with Crippen molar-refractivity contribution in [3.05, 3.63) is 101 Å². The zero-order valence-electron chi connectivity index (χ0n) is 24.4. The van der Waals surface area contributed by atoms with Crippen LogP contribution in [0.25, 0.3) is 5.69 Å². The smallest absolute Gasteiger partial charge is 0.308 e. The van der Waals surface area contributed by atoms with E-state index in [4.69, 9.17) is 5.10 Å². The Kier molecular flexibility index (Phi) is 7.94. The summed E-state index contributed by atoms with van der Waals surface area (Å²) in [6, 6.07) is 25.5. The molecule has 0 saturated carbocycles. The minimum absolute atomic E-state index is 0.152. The Balaban J connectivity index is 1.23. The number of nitrogens with one attached hydrogen (secondary N) is 2. The Morgan fingerprint density at radius 3 is 2.32 bits per heavy atom. The molecule has 2 heterocycles. The normalized spacial score (nSPS) is 14.3. The first-order chi connectivity index (χ1) is 19.6. The molecule has 0 unspecified atom stereocenters. The largest absolute Gasteiger partial charge is 0.324 e. The average molecular weight is 551 g/mol. The van der Waals surface area contributed by atoms with Crippen molar-refractivity contribution in [1.29, 1.82) is 0 Å². The van der Waals surface area contributed by atoms with Crippen LogP contribution in [0.1, 0.15) is 49.6 Å². The SMILES string of the molecule is Cc1ccc(-n2nc(C(C)(C)C)cc2NC(=O)Nc2ccc(CN3CCC(=O)N(c4ccccc4C)C3)cc2)cc1. The van der Waals surface area contributed by atoms with Gasteiger partial charge in [0, 0.05) is 42.4 Å². The number of rotatable bonds is 6. The zero-order valence-corrected chi connectivity index (χ0v) is 24.4. The molecule has 0 spiro atoms. The number of anilines is 3. The molecule has 4 aromatic rings. The molecule has 3 aromatic carbocycles. The van der Waals surface area contributed by atoms with Crippen LogP contribution in [0, 0.1) is 13.8 Å². The Labute approximate surface area is 242 Å². The van der Waals surface area contributed by atoms with Gasteiger partial charge in [-0.25, -0.2) is 9.48 Å². The summed E-state index contributed by atoms with van der Waals surface area (Å²) in [7, 11) is 0. The summed E-state index contributed by atoms with van der Waals surface area (Å²) in [6.45, 7) is 12.4. The Bertz CT molecular complexity index is 1530. The van der Waals surface area contributed by atoms with Gasteiger partial charge in [-0.1, -0.05) is 68.8 Å². The van der Waals surface area contributed by atoms with E-state index in [1.165, 1.54) is 0 Å². The summed E-state index contributed by atoms with van der Waals surface area (Å²) in [5, 5.41) is 10.7. The molecule has 1 saturated heterocycles. The second kappa shape index (κ2) is 11.6. The van der Waals surface area contributed by atoms with E-state index in [2.05, 4.69) is 36.3 Å². The number of aryl methyl sites for hydroxylation is 2. The van der Waals surface area contributed by atoms with Crippen molar-refractivity contribution < 1.29 is 9.59 Å². The van der Waals surface area contributed by atoms with Gasteiger partial charge in [0.25, 0.3) is 0 Å². The summed E-state index contributed by atoms with van der Waals surface area (Å²) < 4.78 is 1.77. The molecule has 8 heteroatoms. The Morgan fingerprint density at radius 1 is 0.927 bits per heavy atom. The molecule has 1 fully saturated rings. The van der Waals surface area contributed by atoms with Gasteiger partial charge in [0.1, 0.15) is 5.82 Å². The first-order valence-corrected chi connectivity index (χ1v) is 14.0. The van der Waals surface area contributed by atoms with Crippen molar-refractivity contribution in [3.63, 3.8) is 0 Å². The van der Waals surface area contributed by atoms with Crippen molar-refractivity contribution in [2.45, 2.75) is 53.0 Å². The Morgan fingerprint density at radius 2 is 1.63 bits per heavy atom. The van der Waals surface area contributed by atoms with Crippen LogP contribution in [0.15, 0.2) is 78.9 Å². The number of urea groups is 1. The van der Waals surface area contributed by atoms with E-state index in [-0.39, 0.29) is 17.4 Å². The summed E-state index contributed by atoms with van der Waals surface area (Å²) >= 11 is 0. The minimum atomic E-state index is -0.338. The summed E-state index contributed by atoms with van der Waals surface area (Å²) in [5.74, 6) is 0.755. The molecule has 0 atom stereocenters. The van der Waals surface area contributed by atoms with E-state index in [0.717, 1.165) is 40.3 Å². The number of amides is 3. The summed E-state index contributed by atoms with van der Waals surface area (Å²) in [6.07, 6.45) is 0.490. The number of aromatic nitrogens is 2. The maximum Gasteiger partial charge on any atom is 0.324 e. The van der Waals surface area contributed by atoms with Gasteiger partial charge >= 0.3 is 6.03 Å². The van der Waals surface area contributed by atoms with Crippen LogP contribution < -0.4 is 15.5 Å². The molecule has 212 valence electrons. The van der Waals surface area contributed by atoms with Crippen molar-refractivity contribution in [2.24, 2.45) is 0 Å². The van der Waals surface area contributed by atoms with Crippen molar-refractivity contribution in [2.75, 3.05) is 28.7 Å². The van der Waals surface area contributed by atoms with Crippen molar-refractivity contribution >= 4 is 29.1 Å². The molecule has 5 rings (SSSR count). The number of hydrogen-bond acceptors (Lipinski definition) is 4. The maximum absolute atomic E-state index is 13.0. The van der Waals surface area contributed by atoms with Gasteiger partial charge in [-0.3, -0.25) is 19.9 Å². The van der Waals surface area contributed by atoms with Gasteiger partial charge in [-0.2, -0.15) is 5.10 Å². The number of benzene rings is 3. The maximum atomic E-state index is 13.0. The standard InChI is InChI=1S/C33H38N6O2/c1-23-10-16-27(17-11-23)39-30(20-29(36-39)33(3,4)5)35-32(41)34-26-14-12-25(13-15-26)21-37-19-18-31(40)38(22-37)28-9-7-6-8-24(28)2/h6-17,20H,18-19,21-22H2,1-5H3,(H2,34,35,41). The van der Waals surface area contributed by atoms with E-state index in [9.17, 15) is 9.59 Å². The second-order valence-electron chi connectivity index (χ2n) is 11.7. The predicted octanol–water partition coefficient (Wildman–Crippen LogP) is 6.63. The average Bonchev–Trinajstić information content (AvgIpc) is 3.36. The van der Waals surface area contributed by atoms with Crippen LogP contribution in [0.3, 0.4) is 0 Å². The van der Waals surface area contributed by atoms with Gasteiger partial charge in [-0.15, -0.1) is 0 Å². The first-order valence-electron chi connectivity index (χ1n) is 14.0. The van der Waals surface area contributed by atoms with Gasteiger partial charge in [-0.05, 0) is 55.3 Å². The molecule has 0 bridgehead atoms. The van der Waals surface area contributed by atoms with Crippen LogP contribution in [0.5, 0.6) is 0 Å². The van der Waals surface area contributed by atoms with Crippen LogP contribution in [0.4, 0.5) is 22.0 Å². The topological polar surface area (TPSA) is 82.5 Å². The molecule has 1 aromatic heterocycles. The molecular formula is C33H38N6O2. The molecule has 41 heavy (non-hydrogen) atoms. The summed E-state index contributed by atoms with van der Waals surface area (Å²) in [5.41, 5.74) is 6.62. The number of para-hydroxylation sites is 1. The fourth-order valence-electron chi connectivity index (χ4n) is 4.89. The molecule has 0 aliphatic carbocycles. The minimum Gasteiger partial charge on any atom is -0.308 e. The number of nitrogens with zero attached hydrogens (tertiary/aromatic N) is 4. The highest BCUT2D eigenvalue weighted by Gasteiger charge is 2.26. The highest BCUT2D eigenvalue weighted by Crippen LogP contribution is 2.27. The van der Waals surface area contributed by atoms with E-state index in [0.29, 0.717) is 31.1 Å². The third-order valence-electron chi connectivity index (χ3n) is 7.31. The predicted molar refractivity (Wildman–Crippen MR) is 165 cm³/mol. The van der Waals surface area contributed by atoms with Crippen LogP contribution in [0.2, 0.25) is 0 Å². The lowest BCUT2D eigenvalue weighted by Gasteiger charge is -2.36. The molecule has 8 nitrogen and oxygen atoms in total. The monoisotopic (exact) mass is 550 g/mol. The molecule has 1 aliphatic heterocycles. The highest BCUT2D eigenvalue weighted by atomic mass is 16.2. The van der Waals surface area contributed by atoms with E-state index >= 15 is 0 Å². The summed E-state index contributed by atoms with van der Waals surface area (Å²) in [4.78, 5) is 29.8. The lowest BCUT2D eigenvalue weighted by Crippen LogP contribution is -2.48. The van der Waals surface area contributed by atoms with Gasteiger partial charge < -0.3 is 5.32 Å². The molecule has 1 aliphatic rings. The molecule has 3 amide bonds. The third kappa shape index (κ3) is 6.66. The van der Waals surface area contributed by atoms with Crippen LogP contribution >= 0.6 is 0 Å². The fraction of sp³-hybridized carbons (Fsp3) is 0.303. The quantitative estimate of drug-likeness (QED) is 0.282. The van der Waals surface area contributed by atoms with E-state index in [1.807, 2.05) is 97.6 Å². The third-order valence-corrected chi connectivity index (χ3v) is 7.31. The van der Waals surface area contributed by atoms with E-state index < -0.39 is 0 Å². The van der Waals surface area contributed by atoms with Gasteiger partial charge in [0.05, 0.1) is 18.1 Å². The zero-order chi connectivity index (χ0) is 29.1. The number of carbonyl (C=O) groups excluding carboxylic acids is 2. The highest BCUT2D eigenvalue weighted by molar-refractivity contribution is 5.99. The second-order valence-corrected chi connectivity index (χ2v) is 11.7.